The van der Waals surface area contributed by atoms with Gasteiger partial charge in [0.05, 0.1) is 11.6 Å². The average Bonchev–Trinajstić information content (AvgIpc) is 2.43. The van der Waals surface area contributed by atoms with E-state index in [1.807, 2.05) is 13.0 Å². The number of benzene rings is 2. The van der Waals surface area contributed by atoms with Crippen LogP contribution in [0.15, 0.2) is 30.3 Å². The van der Waals surface area contributed by atoms with E-state index in [9.17, 15) is 8.78 Å². The van der Waals surface area contributed by atoms with Crippen LogP contribution in [0.3, 0.4) is 0 Å². The van der Waals surface area contributed by atoms with Crippen molar-refractivity contribution in [2.24, 2.45) is 0 Å². The molecule has 2 aromatic carbocycles. The van der Waals surface area contributed by atoms with E-state index in [1.165, 1.54) is 0 Å². The van der Waals surface area contributed by atoms with Crippen LogP contribution in [0.5, 0.6) is 5.75 Å². The molecule has 0 aliphatic heterocycles. The molecule has 0 heterocycles. The number of hydrogen-bond acceptors (Lipinski definition) is 3. The zero-order valence-corrected chi connectivity index (χ0v) is 10.7. The maximum absolute atomic E-state index is 13.2. The third-order valence-electron chi connectivity index (χ3n) is 2.93. The first-order valence-corrected chi connectivity index (χ1v) is 5.93. The first-order valence-electron chi connectivity index (χ1n) is 5.93. The molecule has 0 fully saturated rings. The van der Waals surface area contributed by atoms with Crippen LogP contribution in [0.1, 0.15) is 16.7 Å². The highest BCUT2D eigenvalue weighted by Crippen LogP contribution is 2.23. The lowest BCUT2D eigenvalue weighted by molar-refractivity contribution is 0.395. The van der Waals surface area contributed by atoms with Crippen molar-refractivity contribution in [2.45, 2.75) is 13.5 Å². The van der Waals surface area contributed by atoms with Crippen molar-refractivity contribution < 1.29 is 13.9 Å². The van der Waals surface area contributed by atoms with Gasteiger partial charge in [-0.15, -0.1) is 0 Å². The number of anilines is 1. The van der Waals surface area contributed by atoms with Gasteiger partial charge in [0.1, 0.15) is 0 Å². The smallest absolute Gasteiger partial charge is 0.187 e. The molecule has 5 heteroatoms. The summed E-state index contributed by atoms with van der Waals surface area (Å²) in [5.74, 6) is -2.97. The second-order valence-electron chi connectivity index (χ2n) is 4.40. The molecule has 0 unspecified atom stereocenters. The molecule has 2 aromatic rings. The van der Waals surface area contributed by atoms with Gasteiger partial charge < -0.3 is 10.4 Å². The lowest BCUT2D eigenvalue weighted by Crippen LogP contribution is -2.02. The van der Waals surface area contributed by atoms with Crippen LogP contribution in [0.4, 0.5) is 14.5 Å². The Morgan fingerprint density at radius 3 is 2.45 bits per heavy atom. The Bertz CT molecular complexity index is 670. The fourth-order valence-electron chi connectivity index (χ4n) is 1.80. The first kappa shape index (κ1) is 13.8. The van der Waals surface area contributed by atoms with E-state index in [0.717, 1.165) is 23.4 Å². The second-order valence-corrected chi connectivity index (χ2v) is 4.40. The minimum atomic E-state index is -0.996. The summed E-state index contributed by atoms with van der Waals surface area (Å²) >= 11 is 0. The average molecular weight is 274 g/mol. The van der Waals surface area contributed by atoms with Gasteiger partial charge in [-0.1, -0.05) is 6.07 Å². The van der Waals surface area contributed by atoms with E-state index in [-0.39, 0.29) is 6.54 Å². The fourth-order valence-corrected chi connectivity index (χ4v) is 1.80. The lowest BCUT2D eigenvalue weighted by Gasteiger charge is -2.10. The van der Waals surface area contributed by atoms with Gasteiger partial charge in [0, 0.05) is 12.2 Å². The molecule has 3 nitrogen and oxygen atoms in total. The maximum Gasteiger partial charge on any atom is 0.187 e. The molecule has 0 radical (unpaired) electrons. The highest BCUT2D eigenvalue weighted by atomic mass is 19.1. The van der Waals surface area contributed by atoms with Crippen molar-refractivity contribution in [1.82, 2.24) is 0 Å². The molecule has 20 heavy (non-hydrogen) atoms. The van der Waals surface area contributed by atoms with Gasteiger partial charge in [-0.3, -0.25) is 0 Å². The molecule has 0 spiro atoms. The van der Waals surface area contributed by atoms with E-state index in [2.05, 4.69) is 5.32 Å². The molecular weight excluding hydrogens is 262 g/mol. The summed E-state index contributed by atoms with van der Waals surface area (Å²) in [6.07, 6.45) is 0. The zero-order chi connectivity index (χ0) is 14.7. The Kier molecular flexibility index (Phi) is 3.85. The van der Waals surface area contributed by atoms with Crippen LogP contribution in [-0.2, 0) is 6.54 Å². The zero-order valence-electron chi connectivity index (χ0n) is 10.7. The minimum absolute atomic E-state index is 0.184. The van der Waals surface area contributed by atoms with E-state index in [0.29, 0.717) is 11.1 Å². The number of phenols is 1. The van der Waals surface area contributed by atoms with Crippen molar-refractivity contribution in [3.05, 3.63) is 58.7 Å². The molecule has 2 N–H and O–H groups in total. The third-order valence-corrected chi connectivity index (χ3v) is 2.93. The molecule has 102 valence electrons. The molecule has 0 saturated carbocycles. The van der Waals surface area contributed by atoms with Crippen LogP contribution < -0.4 is 5.32 Å². The first-order chi connectivity index (χ1) is 9.51. The summed E-state index contributed by atoms with van der Waals surface area (Å²) < 4.78 is 26.4. The molecule has 0 aromatic heterocycles. The molecule has 0 aliphatic rings. The monoisotopic (exact) mass is 274 g/mol. The highest BCUT2D eigenvalue weighted by Gasteiger charge is 2.09. The van der Waals surface area contributed by atoms with Gasteiger partial charge in [0.25, 0.3) is 0 Å². The Hall–Kier alpha value is -2.61. The van der Waals surface area contributed by atoms with Gasteiger partial charge in [-0.05, 0) is 42.3 Å². The Morgan fingerprint density at radius 1 is 1.20 bits per heavy atom. The topological polar surface area (TPSA) is 56.0 Å². The highest BCUT2D eigenvalue weighted by molar-refractivity contribution is 5.55. The van der Waals surface area contributed by atoms with E-state index < -0.39 is 17.4 Å². The molecule has 0 bridgehead atoms. The van der Waals surface area contributed by atoms with Crippen LogP contribution in [0, 0.1) is 29.9 Å². The van der Waals surface area contributed by atoms with Crippen LogP contribution in [-0.4, -0.2) is 5.11 Å². The molecule has 0 atom stereocenters. The number of phenolic OH excluding ortho intramolecular Hbond substituents is 1. The van der Waals surface area contributed by atoms with Crippen LogP contribution >= 0.6 is 0 Å². The maximum atomic E-state index is 13.2. The second kappa shape index (κ2) is 5.57. The Balaban J connectivity index is 2.19. The molecule has 0 saturated heterocycles. The largest absolute Gasteiger partial charge is 0.503 e. The number of halogens is 2. The number of nitrogens with zero attached hydrogens (tertiary/aromatic N) is 1. The van der Waals surface area contributed by atoms with E-state index in [1.54, 1.807) is 18.2 Å². The van der Waals surface area contributed by atoms with Gasteiger partial charge in [-0.25, -0.2) is 8.78 Å². The third kappa shape index (κ3) is 2.86. The molecular formula is C15H12F2N2O. The summed E-state index contributed by atoms with van der Waals surface area (Å²) in [5, 5.41) is 20.9. The Labute approximate surface area is 115 Å². The Morgan fingerprint density at radius 2 is 1.85 bits per heavy atom. The molecule has 0 aliphatic carbocycles. The number of aryl methyl sites for hydroxylation is 1. The number of aromatic hydroxyl groups is 1. The summed E-state index contributed by atoms with van der Waals surface area (Å²) in [4.78, 5) is 0. The van der Waals surface area contributed by atoms with E-state index >= 15 is 0 Å². The number of rotatable bonds is 3. The van der Waals surface area contributed by atoms with Gasteiger partial charge in [0.15, 0.2) is 17.4 Å². The number of nitriles is 1. The SMILES string of the molecule is Cc1ccc(C#N)cc1NCc1cc(F)c(O)c(F)c1. The lowest BCUT2D eigenvalue weighted by atomic mass is 10.1. The fraction of sp³-hybridized carbons (Fsp3) is 0.133. The molecule has 2 rings (SSSR count). The van der Waals surface area contributed by atoms with E-state index in [4.69, 9.17) is 10.4 Å². The summed E-state index contributed by atoms with van der Waals surface area (Å²) in [7, 11) is 0. The van der Waals surface area contributed by atoms with Crippen molar-refractivity contribution in [3.63, 3.8) is 0 Å². The van der Waals surface area contributed by atoms with Crippen LogP contribution in [0.25, 0.3) is 0 Å². The minimum Gasteiger partial charge on any atom is -0.503 e. The predicted molar refractivity (Wildman–Crippen MR) is 71.2 cm³/mol. The predicted octanol–water partition coefficient (Wildman–Crippen LogP) is 3.46. The summed E-state index contributed by atoms with van der Waals surface area (Å²) in [6, 6.07) is 9.31. The standard InChI is InChI=1S/C15H12F2N2O/c1-9-2-3-10(7-18)6-14(9)19-8-11-4-12(16)15(20)13(17)5-11/h2-6,19-20H,8H2,1H3. The van der Waals surface area contributed by atoms with Gasteiger partial charge in [0.2, 0.25) is 0 Å². The van der Waals surface area contributed by atoms with Gasteiger partial charge in [-0.2, -0.15) is 5.26 Å². The summed E-state index contributed by atoms with van der Waals surface area (Å²) in [5.41, 5.74) is 2.50. The van der Waals surface area contributed by atoms with Crippen molar-refractivity contribution in [2.75, 3.05) is 5.32 Å². The quantitative estimate of drug-likeness (QED) is 0.901. The number of hydrogen-bond donors (Lipinski definition) is 2. The van der Waals surface area contributed by atoms with Crippen molar-refractivity contribution >= 4 is 5.69 Å². The van der Waals surface area contributed by atoms with Crippen molar-refractivity contribution in [3.8, 4) is 11.8 Å². The van der Waals surface area contributed by atoms with Crippen LogP contribution in [0.2, 0.25) is 0 Å². The normalized spacial score (nSPS) is 10.1. The summed E-state index contributed by atoms with van der Waals surface area (Å²) in [6.45, 7) is 2.05. The molecule has 0 amide bonds. The van der Waals surface area contributed by atoms with Gasteiger partial charge >= 0.3 is 0 Å². The number of nitrogens with one attached hydrogen (secondary N) is 1. The van der Waals surface area contributed by atoms with Crippen molar-refractivity contribution in [1.29, 1.82) is 5.26 Å².